The van der Waals surface area contributed by atoms with Crippen LogP contribution in [0.1, 0.15) is 19.4 Å². The smallest absolute Gasteiger partial charge is 0.0655 e. The van der Waals surface area contributed by atoms with Crippen molar-refractivity contribution in [1.29, 1.82) is 0 Å². The van der Waals surface area contributed by atoms with Gasteiger partial charge in [0.05, 0.1) is 12.1 Å². The number of aromatic nitrogens is 1. The molecule has 1 aromatic heterocycles. The Hall–Kier alpha value is -0.930. The summed E-state index contributed by atoms with van der Waals surface area (Å²) in [4.78, 5) is 4.03. The summed E-state index contributed by atoms with van der Waals surface area (Å²) in [6, 6.07) is 3.84. The molecule has 72 valence electrons. The van der Waals surface area contributed by atoms with Crippen LogP contribution < -0.4 is 5.32 Å². The van der Waals surface area contributed by atoms with E-state index >= 15 is 0 Å². The number of aliphatic hydroxyl groups excluding tert-OH is 1. The molecule has 1 rings (SSSR count). The lowest BCUT2D eigenvalue weighted by Crippen LogP contribution is -2.42. The Labute approximate surface area is 78.8 Å². The van der Waals surface area contributed by atoms with Crippen LogP contribution in [0.3, 0.4) is 0 Å². The van der Waals surface area contributed by atoms with Crippen LogP contribution in [-0.4, -0.2) is 23.2 Å². The van der Waals surface area contributed by atoms with E-state index in [-0.39, 0.29) is 12.1 Å². The van der Waals surface area contributed by atoms with E-state index in [1.165, 1.54) is 0 Å². The zero-order chi connectivity index (χ0) is 9.73. The molecule has 13 heavy (non-hydrogen) atoms. The van der Waals surface area contributed by atoms with Crippen molar-refractivity contribution >= 4 is 0 Å². The molecule has 1 aromatic rings. The summed E-state index contributed by atoms with van der Waals surface area (Å²) in [6.07, 6.45) is 3.51. The number of aliphatic hydroxyl groups is 1. The Bertz CT molecular complexity index is 250. The van der Waals surface area contributed by atoms with Gasteiger partial charge in [0, 0.05) is 12.4 Å². The van der Waals surface area contributed by atoms with Crippen LogP contribution in [0, 0.1) is 0 Å². The van der Waals surface area contributed by atoms with Gasteiger partial charge in [-0.05, 0) is 25.1 Å². The summed E-state index contributed by atoms with van der Waals surface area (Å²) in [5, 5.41) is 12.5. The standard InChI is InChI=1S/C10H16N2O/c1-3-12-10(2,8-13)9-5-4-6-11-7-9/h4-7,12-13H,3,8H2,1-2H3. The van der Waals surface area contributed by atoms with Crippen LogP contribution in [0.2, 0.25) is 0 Å². The lowest BCUT2D eigenvalue weighted by Gasteiger charge is -2.28. The van der Waals surface area contributed by atoms with E-state index in [4.69, 9.17) is 0 Å². The van der Waals surface area contributed by atoms with Crippen molar-refractivity contribution < 1.29 is 5.11 Å². The van der Waals surface area contributed by atoms with Gasteiger partial charge in [0.1, 0.15) is 0 Å². The van der Waals surface area contributed by atoms with Crippen molar-refractivity contribution in [3.63, 3.8) is 0 Å². The SMILES string of the molecule is CCNC(C)(CO)c1cccnc1. The molecule has 0 fully saturated rings. The Morgan fingerprint density at radius 2 is 2.38 bits per heavy atom. The molecule has 0 aliphatic carbocycles. The highest BCUT2D eigenvalue weighted by Crippen LogP contribution is 2.18. The third-order valence-electron chi connectivity index (χ3n) is 2.18. The van der Waals surface area contributed by atoms with Gasteiger partial charge in [0.25, 0.3) is 0 Å². The number of likely N-dealkylation sites (N-methyl/N-ethyl adjacent to an activating group) is 1. The molecule has 1 unspecified atom stereocenters. The van der Waals surface area contributed by atoms with Crippen LogP contribution in [-0.2, 0) is 5.54 Å². The normalized spacial score (nSPS) is 15.3. The molecule has 0 aliphatic rings. The largest absolute Gasteiger partial charge is 0.394 e. The number of rotatable bonds is 4. The van der Waals surface area contributed by atoms with Gasteiger partial charge in [-0.1, -0.05) is 13.0 Å². The fourth-order valence-corrected chi connectivity index (χ4v) is 1.33. The fourth-order valence-electron chi connectivity index (χ4n) is 1.33. The minimum atomic E-state index is -0.372. The molecule has 3 heteroatoms. The highest BCUT2D eigenvalue weighted by molar-refractivity contribution is 5.19. The van der Waals surface area contributed by atoms with Gasteiger partial charge in [-0.15, -0.1) is 0 Å². The van der Waals surface area contributed by atoms with Gasteiger partial charge in [0.2, 0.25) is 0 Å². The summed E-state index contributed by atoms with van der Waals surface area (Å²) in [5.74, 6) is 0. The predicted molar refractivity (Wildman–Crippen MR) is 52.4 cm³/mol. The van der Waals surface area contributed by atoms with Crippen LogP contribution >= 0.6 is 0 Å². The van der Waals surface area contributed by atoms with E-state index in [0.717, 1.165) is 12.1 Å². The number of hydrogen-bond acceptors (Lipinski definition) is 3. The molecule has 0 bridgehead atoms. The van der Waals surface area contributed by atoms with Crippen LogP contribution in [0.4, 0.5) is 0 Å². The molecule has 0 aliphatic heterocycles. The zero-order valence-electron chi connectivity index (χ0n) is 8.12. The van der Waals surface area contributed by atoms with E-state index in [1.54, 1.807) is 12.4 Å². The quantitative estimate of drug-likeness (QED) is 0.723. The molecule has 0 spiro atoms. The van der Waals surface area contributed by atoms with Gasteiger partial charge < -0.3 is 10.4 Å². The first kappa shape index (κ1) is 10.2. The van der Waals surface area contributed by atoms with Crippen LogP contribution in [0.5, 0.6) is 0 Å². The Morgan fingerprint density at radius 3 is 2.85 bits per heavy atom. The third-order valence-corrected chi connectivity index (χ3v) is 2.18. The summed E-state index contributed by atoms with van der Waals surface area (Å²) in [6.45, 7) is 4.89. The molecular weight excluding hydrogens is 164 g/mol. The Morgan fingerprint density at radius 1 is 1.62 bits per heavy atom. The summed E-state index contributed by atoms with van der Waals surface area (Å²) < 4.78 is 0. The van der Waals surface area contributed by atoms with E-state index < -0.39 is 0 Å². The highest BCUT2D eigenvalue weighted by atomic mass is 16.3. The Balaban J connectivity index is 2.89. The second kappa shape index (κ2) is 4.35. The van der Waals surface area contributed by atoms with Gasteiger partial charge in [0.15, 0.2) is 0 Å². The minimum Gasteiger partial charge on any atom is -0.394 e. The fraction of sp³-hybridized carbons (Fsp3) is 0.500. The molecule has 1 atom stereocenters. The molecule has 0 saturated carbocycles. The second-order valence-electron chi connectivity index (χ2n) is 3.26. The van der Waals surface area contributed by atoms with E-state index in [1.807, 2.05) is 26.0 Å². The summed E-state index contributed by atoms with van der Waals surface area (Å²) >= 11 is 0. The average Bonchev–Trinajstić information content (AvgIpc) is 2.19. The molecule has 0 radical (unpaired) electrons. The van der Waals surface area contributed by atoms with Gasteiger partial charge in [-0.3, -0.25) is 4.98 Å². The van der Waals surface area contributed by atoms with E-state index in [0.29, 0.717) is 0 Å². The minimum absolute atomic E-state index is 0.0759. The molecule has 2 N–H and O–H groups in total. The summed E-state index contributed by atoms with van der Waals surface area (Å²) in [5.41, 5.74) is 0.641. The van der Waals surface area contributed by atoms with Gasteiger partial charge in [-0.2, -0.15) is 0 Å². The van der Waals surface area contributed by atoms with E-state index in [9.17, 15) is 5.11 Å². The number of pyridine rings is 1. The monoisotopic (exact) mass is 180 g/mol. The topological polar surface area (TPSA) is 45.1 Å². The van der Waals surface area contributed by atoms with E-state index in [2.05, 4.69) is 10.3 Å². The zero-order valence-corrected chi connectivity index (χ0v) is 8.12. The maximum atomic E-state index is 9.28. The van der Waals surface area contributed by atoms with Crippen molar-refractivity contribution in [3.8, 4) is 0 Å². The van der Waals surface area contributed by atoms with Gasteiger partial charge in [-0.25, -0.2) is 0 Å². The van der Waals surface area contributed by atoms with Crippen molar-refractivity contribution in [1.82, 2.24) is 10.3 Å². The lowest BCUT2D eigenvalue weighted by molar-refractivity contribution is 0.177. The van der Waals surface area contributed by atoms with Crippen LogP contribution in [0.25, 0.3) is 0 Å². The highest BCUT2D eigenvalue weighted by Gasteiger charge is 2.23. The first-order valence-electron chi connectivity index (χ1n) is 4.49. The molecular formula is C10H16N2O. The second-order valence-corrected chi connectivity index (χ2v) is 3.26. The predicted octanol–water partition coefficient (Wildman–Crippen LogP) is 0.899. The number of nitrogens with zero attached hydrogens (tertiary/aromatic N) is 1. The summed E-state index contributed by atoms with van der Waals surface area (Å²) in [7, 11) is 0. The maximum absolute atomic E-state index is 9.28. The first-order chi connectivity index (χ1) is 6.23. The Kier molecular flexibility index (Phi) is 3.39. The molecule has 0 saturated heterocycles. The van der Waals surface area contributed by atoms with Crippen LogP contribution in [0.15, 0.2) is 24.5 Å². The van der Waals surface area contributed by atoms with Gasteiger partial charge >= 0.3 is 0 Å². The average molecular weight is 180 g/mol. The lowest BCUT2D eigenvalue weighted by atomic mass is 9.94. The molecule has 0 aromatic carbocycles. The number of nitrogens with one attached hydrogen (secondary N) is 1. The van der Waals surface area contributed by atoms with Crippen molar-refractivity contribution in [2.45, 2.75) is 19.4 Å². The van der Waals surface area contributed by atoms with Crippen molar-refractivity contribution in [2.75, 3.05) is 13.2 Å². The molecule has 0 amide bonds. The van der Waals surface area contributed by atoms with Crippen molar-refractivity contribution in [3.05, 3.63) is 30.1 Å². The molecule has 1 heterocycles. The van der Waals surface area contributed by atoms with Crippen molar-refractivity contribution in [2.24, 2.45) is 0 Å². The number of hydrogen-bond donors (Lipinski definition) is 2. The molecule has 3 nitrogen and oxygen atoms in total. The third kappa shape index (κ3) is 2.26. The maximum Gasteiger partial charge on any atom is 0.0655 e. The first-order valence-corrected chi connectivity index (χ1v) is 4.49.